The first-order valence-electron chi connectivity index (χ1n) is 6.63. The second-order valence-electron chi connectivity index (χ2n) is 4.85. The van der Waals surface area contributed by atoms with Gasteiger partial charge < -0.3 is 14.8 Å². The number of aryl methyl sites for hydroxylation is 1. The lowest BCUT2D eigenvalue weighted by atomic mass is 10.1. The van der Waals surface area contributed by atoms with Crippen LogP contribution in [-0.4, -0.2) is 23.5 Å². The van der Waals surface area contributed by atoms with Crippen molar-refractivity contribution in [2.45, 2.75) is 20.3 Å². The van der Waals surface area contributed by atoms with Gasteiger partial charge in [0.1, 0.15) is 5.58 Å². The summed E-state index contributed by atoms with van der Waals surface area (Å²) in [5, 5.41) is 12.9. The summed E-state index contributed by atoms with van der Waals surface area (Å²) < 4.78 is 5.52. The lowest BCUT2D eigenvalue weighted by Crippen LogP contribution is -2.32. The van der Waals surface area contributed by atoms with E-state index < -0.39 is 17.8 Å². The Hall–Kier alpha value is -2.01. The zero-order valence-electron chi connectivity index (χ0n) is 11.8. The molecule has 0 aliphatic rings. The minimum absolute atomic E-state index is 0.0713. The second kappa shape index (κ2) is 6.18. The predicted octanol–water partition coefficient (Wildman–Crippen LogP) is 3.24. The van der Waals surface area contributed by atoms with Gasteiger partial charge in [0.2, 0.25) is 0 Å². The molecule has 2 N–H and O–H groups in total. The molecule has 1 aromatic carbocycles. The summed E-state index contributed by atoms with van der Waals surface area (Å²) in [4.78, 5) is 23.1. The standard InChI is InChI=1S/C15H16ClNO4/c1-3-9(15(19)20)7-17-14(18)13-8(2)11-6-10(16)4-5-12(11)21-13/h4-6,9H,3,7H2,1-2H3,(H,17,18)(H,19,20). The van der Waals surface area contributed by atoms with Gasteiger partial charge in [0, 0.05) is 22.5 Å². The van der Waals surface area contributed by atoms with Crippen molar-refractivity contribution in [3.63, 3.8) is 0 Å². The molecule has 0 bridgehead atoms. The van der Waals surface area contributed by atoms with E-state index in [4.69, 9.17) is 21.1 Å². The van der Waals surface area contributed by atoms with E-state index in [0.29, 0.717) is 22.6 Å². The lowest BCUT2D eigenvalue weighted by molar-refractivity contribution is -0.141. The van der Waals surface area contributed by atoms with Crippen LogP contribution in [0.3, 0.4) is 0 Å². The van der Waals surface area contributed by atoms with Crippen LogP contribution in [0.5, 0.6) is 0 Å². The molecule has 0 fully saturated rings. The molecule has 0 saturated carbocycles. The largest absolute Gasteiger partial charge is 0.481 e. The third-order valence-electron chi connectivity index (χ3n) is 3.46. The Bertz CT molecular complexity index is 692. The van der Waals surface area contributed by atoms with Crippen LogP contribution in [0.25, 0.3) is 11.0 Å². The van der Waals surface area contributed by atoms with Gasteiger partial charge in [-0.05, 0) is 31.5 Å². The normalized spacial score (nSPS) is 12.3. The van der Waals surface area contributed by atoms with E-state index >= 15 is 0 Å². The number of carboxylic acids is 1. The fourth-order valence-corrected chi connectivity index (χ4v) is 2.28. The molecule has 0 saturated heterocycles. The topological polar surface area (TPSA) is 79.5 Å². The number of amides is 1. The zero-order valence-corrected chi connectivity index (χ0v) is 12.5. The molecule has 21 heavy (non-hydrogen) atoms. The van der Waals surface area contributed by atoms with Gasteiger partial charge in [-0.3, -0.25) is 9.59 Å². The van der Waals surface area contributed by atoms with Gasteiger partial charge in [0.25, 0.3) is 5.91 Å². The average molecular weight is 310 g/mol. The summed E-state index contributed by atoms with van der Waals surface area (Å²) in [7, 11) is 0. The summed E-state index contributed by atoms with van der Waals surface area (Å²) in [6, 6.07) is 5.12. The minimum atomic E-state index is -0.925. The first-order valence-corrected chi connectivity index (χ1v) is 7.01. The van der Waals surface area contributed by atoms with Crippen molar-refractivity contribution in [2.75, 3.05) is 6.54 Å². The van der Waals surface area contributed by atoms with Gasteiger partial charge in [-0.15, -0.1) is 0 Å². The number of fused-ring (bicyclic) bond motifs is 1. The van der Waals surface area contributed by atoms with Crippen LogP contribution < -0.4 is 5.32 Å². The van der Waals surface area contributed by atoms with Crippen LogP contribution >= 0.6 is 11.6 Å². The van der Waals surface area contributed by atoms with Crippen LogP contribution in [0.4, 0.5) is 0 Å². The van der Waals surface area contributed by atoms with Crippen molar-refractivity contribution in [2.24, 2.45) is 5.92 Å². The third kappa shape index (κ3) is 3.19. The molecule has 1 atom stereocenters. The van der Waals surface area contributed by atoms with E-state index in [0.717, 1.165) is 5.39 Å². The van der Waals surface area contributed by atoms with Crippen LogP contribution in [0.2, 0.25) is 5.02 Å². The summed E-state index contributed by atoms with van der Waals surface area (Å²) in [5.41, 5.74) is 1.26. The number of carboxylic acid groups (broad SMARTS) is 1. The maximum Gasteiger partial charge on any atom is 0.308 e. The Morgan fingerprint density at radius 2 is 2.14 bits per heavy atom. The van der Waals surface area contributed by atoms with Gasteiger partial charge in [0.05, 0.1) is 5.92 Å². The van der Waals surface area contributed by atoms with Gasteiger partial charge in [-0.2, -0.15) is 0 Å². The molecule has 1 amide bonds. The number of carbonyl (C=O) groups is 2. The van der Waals surface area contributed by atoms with Crippen LogP contribution in [0, 0.1) is 12.8 Å². The van der Waals surface area contributed by atoms with E-state index in [1.165, 1.54) is 0 Å². The number of nitrogens with one attached hydrogen (secondary N) is 1. The highest BCUT2D eigenvalue weighted by atomic mass is 35.5. The Morgan fingerprint density at radius 1 is 1.43 bits per heavy atom. The molecule has 1 heterocycles. The van der Waals surface area contributed by atoms with Crippen molar-refractivity contribution in [1.29, 1.82) is 0 Å². The first-order chi connectivity index (χ1) is 9.93. The van der Waals surface area contributed by atoms with Crippen LogP contribution in [0.1, 0.15) is 29.5 Å². The quantitative estimate of drug-likeness (QED) is 0.888. The molecule has 1 unspecified atom stereocenters. The smallest absolute Gasteiger partial charge is 0.308 e. The lowest BCUT2D eigenvalue weighted by Gasteiger charge is -2.10. The van der Waals surface area contributed by atoms with Crippen molar-refractivity contribution >= 4 is 34.4 Å². The van der Waals surface area contributed by atoms with E-state index in [1.807, 2.05) is 0 Å². The third-order valence-corrected chi connectivity index (χ3v) is 3.69. The molecule has 5 nitrogen and oxygen atoms in total. The average Bonchev–Trinajstić information content (AvgIpc) is 2.76. The van der Waals surface area contributed by atoms with E-state index in [1.54, 1.807) is 32.0 Å². The highest BCUT2D eigenvalue weighted by molar-refractivity contribution is 6.31. The maximum absolute atomic E-state index is 12.1. The fraction of sp³-hybridized carbons (Fsp3) is 0.333. The zero-order chi connectivity index (χ0) is 15.6. The Kier molecular flexibility index (Phi) is 4.53. The summed E-state index contributed by atoms with van der Waals surface area (Å²) in [5.74, 6) is -1.76. The molecule has 0 aliphatic carbocycles. The highest BCUT2D eigenvalue weighted by Crippen LogP contribution is 2.27. The molecule has 0 radical (unpaired) electrons. The van der Waals surface area contributed by atoms with Crippen molar-refractivity contribution in [3.05, 3.63) is 34.5 Å². The maximum atomic E-state index is 12.1. The molecular weight excluding hydrogens is 294 g/mol. The number of rotatable bonds is 5. The summed E-state index contributed by atoms with van der Waals surface area (Å²) >= 11 is 5.93. The number of furan rings is 1. The molecule has 0 aliphatic heterocycles. The fourth-order valence-electron chi connectivity index (χ4n) is 2.11. The molecule has 2 rings (SSSR count). The highest BCUT2D eigenvalue weighted by Gasteiger charge is 2.20. The summed E-state index contributed by atoms with van der Waals surface area (Å²) in [6.07, 6.45) is 0.449. The summed E-state index contributed by atoms with van der Waals surface area (Å²) in [6.45, 7) is 3.60. The number of halogens is 1. The van der Waals surface area contributed by atoms with E-state index in [2.05, 4.69) is 5.32 Å². The van der Waals surface area contributed by atoms with E-state index in [-0.39, 0.29) is 12.3 Å². The van der Waals surface area contributed by atoms with Gasteiger partial charge in [-0.25, -0.2) is 0 Å². The van der Waals surface area contributed by atoms with Gasteiger partial charge in [-0.1, -0.05) is 18.5 Å². The molecule has 112 valence electrons. The van der Waals surface area contributed by atoms with Crippen LogP contribution in [-0.2, 0) is 4.79 Å². The Morgan fingerprint density at radius 3 is 2.76 bits per heavy atom. The number of carbonyl (C=O) groups excluding carboxylic acids is 1. The van der Waals surface area contributed by atoms with Crippen LogP contribution in [0.15, 0.2) is 22.6 Å². The first kappa shape index (κ1) is 15.4. The number of benzene rings is 1. The number of aliphatic carboxylic acids is 1. The van der Waals surface area contributed by atoms with Gasteiger partial charge >= 0.3 is 5.97 Å². The Labute approximate surface area is 126 Å². The molecule has 0 spiro atoms. The molecule has 2 aromatic rings. The van der Waals surface area contributed by atoms with Crippen molar-refractivity contribution in [1.82, 2.24) is 5.32 Å². The SMILES string of the molecule is CCC(CNC(=O)c1oc2ccc(Cl)cc2c1C)C(=O)O. The van der Waals surface area contributed by atoms with Crippen molar-refractivity contribution < 1.29 is 19.1 Å². The van der Waals surface area contributed by atoms with E-state index in [9.17, 15) is 9.59 Å². The number of hydrogen-bond acceptors (Lipinski definition) is 3. The Balaban J connectivity index is 2.20. The van der Waals surface area contributed by atoms with Gasteiger partial charge in [0.15, 0.2) is 5.76 Å². The molecule has 1 aromatic heterocycles. The molecule has 6 heteroatoms. The molecular formula is C15H16ClNO4. The number of hydrogen-bond donors (Lipinski definition) is 2. The minimum Gasteiger partial charge on any atom is -0.481 e. The van der Waals surface area contributed by atoms with Crippen molar-refractivity contribution in [3.8, 4) is 0 Å². The monoisotopic (exact) mass is 309 g/mol. The predicted molar refractivity (Wildman–Crippen MR) is 79.7 cm³/mol. The second-order valence-corrected chi connectivity index (χ2v) is 5.29.